The van der Waals surface area contributed by atoms with Gasteiger partial charge in [-0.15, -0.1) is 0 Å². The molecular weight excluding hydrogens is 1630 g/mol. The van der Waals surface area contributed by atoms with Crippen molar-refractivity contribution < 1.29 is 0 Å². The van der Waals surface area contributed by atoms with Crippen LogP contribution in [0.4, 0.5) is 85.3 Å². The van der Waals surface area contributed by atoms with E-state index < -0.39 is 0 Å². The average Bonchev–Trinajstić information content (AvgIpc) is 0.722. The predicted molar refractivity (Wildman–Crippen MR) is 579 cm³/mol. The third-order valence-corrected chi connectivity index (χ3v) is 28.9. The first-order valence-corrected chi connectivity index (χ1v) is 50.2. The van der Waals surface area contributed by atoms with Gasteiger partial charge in [0.25, 0.3) is 0 Å². The number of para-hydroxylation sites is 3. The van der Waals surface area contributed by atoms with Gasteiger partial charge in [0.05, 0.1) is 11.4 Å². The smallest absolute Gasteiger partial charge is 0.0546 e. The van der Waals surface area contributed by atoms with Crippen molar-refractivity contribution in [3.05, 3.63) is 451 Å². The van der Waals surface area contributed by atoms with Crippen LogP contribution < -0.4 is 24.5 Å². The fourth-order valence-electron chi connectivity index (χ4n) is 21.2. The van der Waals surface area contributed by atoms with Crippen LogP contribution >= 0.6 is 0 Å². The van der Waals surface area contributed by atoms with Gasteiger partial charge in [-0.1, -0.05) is 348 Å². The molecule has 2 saturated carbocycles. The van der Waals surface area contributed by atoms with Crippen molar-refractivity contribution in [2.45, 2.75) is 180 Å². The Hall–Kier alpha value is -14.3. The largest absolute Gasteiger partial charge is 0.311 e. The second-order valence-electron chi connectivity index (χ2n) is 38.4. The summed E-state index contributed by atoms with van der Waals surface area (Å²) in [6.07, 6.45) is 24.7. The van der Waals surface area contributed by atoms with Crippen LogP contribution in [0.3, 0.4) is 0 Å². The van der Waals surface area contributed by atoms with Crippen molar-refractivity contribution in [3.8, 4) is 33.4 Å². The maximum Gasteiger partial charge on any atom is 0.0546 e. The molecule has 135 heavy (non-hydrogen) atoms. The molecule has 5 nitrogen and oxygen atoms in total. The predicted octanol–water partition coefficient (Wildman–Crippen LogP) is 38.5. The number of aryl methyl sites for hydroxylation is 3. The fraction of sp³-hybridized carbons (Fsp3) is 0.215. The number of hydrogen-bond donors (Lipinski definition) is 0. The van der Waals surface area contributed by atoms with Crippen molar-refractivity contribution in [1.82, 2.24) is 0 Å². The first kappa shape index (κ1) is 88.7. The first-order valence-electron chi connectivity index (χ1n) is 50.2. The van der Waals surface area contributed by atoms with Crippen molar-refractivity contribution in [2.75, 3.05) is 24.5 Å². The fourth-order valence-corrected chi connectivity index (χ4v) is 21.2. The summed E-state index contributed by atoms with van der Waals surface area (Å²) >= 11 is 0. The van der Waals surface area contributed by atoms with Gasteiger partial charge in [-0.25, -0.2) is 0 Å². The summed E-state index contributed by atoms with van der Waals surface area (Å²) in [4.78, 5) is 12.1. The van der Waals surface area contributed by atoms with Gasteiger partial charge in [0.2, 0.25) is 0 Å². The molecule has 18 aromatic carbocycles. The lowest BCUT2D eigenvalue weighted by molar-refractivity contribution is 0.443. The van der Waals surface area contributed by atoms with Crippen LogP contribution in [0, 0.1) is 0 Å². The average molecular weight is 1760 g/mol. The van der Waals surface area contributed by atoms with Gasteiger partial charge >= 0.3 is 0 Å². The van der Waals surface area contributed by atoms with Crippen LogP contribution in [-0.2, 0) is 19.3 Å². The molecule has 2 fully saturated rings. The van der Waals surface area contributed by atoms with E-state index in [2.05, 4.69) is 472 Å². The van der Waals surface area contributed by atoms with Crippen molar-refractivity contribution >= 4 is 118 Å². The van der Waals surface area contributed by atoms with Crippen molar-refractivity contribution in [2.24, 2.45) is 0 Å². The van der Waals surface area contributed by atoms with E-state index in [1.165, 1.54) is 254 Å². The molecule has 0 amide bonds. The third kappa shape index (κ3) is 19.8. The molecule has 5 heteroatoms. The van der Waals surface area contributed by atoms with Crippen molar-refractivity contribution in [3.63, 3.8) is 0 Å². The summed E-state index contributed by atoms with van der Waals surface area (Å²) in [5.74, 6) is 2.27. The van der Waals surface area contributed by atoms with E-state index in [1.807, 2.05) is 0 Å². The molecule has 0 radical (unpaired) electrons. The summed E-state index contributed by atoms with van der Waals surface area (Å²) in [7, 11) is 0. The second kappa shape index (κ2) is 41.5. The maximum absolute atomic E-state index is 2.51. The molecule has 0 unspecified atom stereocenters. The maximum atomic E-state index is 2.51. The summed E-state index contributed by atoms with van der Waals surface area (Å²) in [5.41, 5.74) is 34.5. The highest BCUT2D eigenvalue weighted by Gasteiger charge is 2.27. The van der Waals surface area contributed by atoms with E-state index in [9.17, 15) is 0 Å². The number of unbranched alkanes of at least 4 members (excludes halogenated alkanes) is 5. The van der Waals surface area contributed by atoms with E-state index in [0.29, 0.717) is 23.7 Å². The quantitative estimate of drug-likeness (QED) is 0.0342. The zero-order valence-electron chi connectivity index (χ0n) is 79.2. The van der Waals surface area contributed by atoms with Gasteiger partial charge in [0, 0.05) is 84.7 Å². The van der Waals surface area contributed by atoms with Gasteiger partial charge < -0.3 is 24.5 Å². The number of benzene rings is 18. The van der Waals surface area contributed by atoms with Gasteiger partial charge in [-0.05, 0) is 339 Å². The number of nitrogens with zero attached hydrogens (tertiary/aromatic N) is 5. The molecule has 0 saturated heterocycles. The third-order valence-electron chi connectivity index (χ3n) is 28.9. The monoisotopic (exact) mass is 1760 g/mol. The Balaban J connectivity index is 0.000000169. The van der Waals surface area contributed by atoms with Gasteiger partial charge in [0.1, 0.15) is 0 Å². The zero-order valence-corrected chi connectivity index (χ0v) is 79.2. The Kier molecular flexibility index (Phi) is 27.2. The number of hydrogen-bond acceptors (Lipinski definition) is 5. The minimum Gasteiger partial charge on any atom is -0.311 e. The Morgan fingerprint density at radius 1 is 0.222 bits per heavy atom. The van der Waals surface area contributed by atoms with Crippen LogP contribution in [0.5, 0.6) is 0 Å². The summed E-state index contributed by atoms with van der Waals surface area (Å²) in [6.45, 7) is 11.4. The molecule has 18 aromatic rings. The topological polar surface area (TPSA) is 16.2 Å². The molecule has 0 aliphatic heterocycles. The molecular formula is C130H125N5. The molecule has 0 bridgehead atoms. The van der Waals surface area contributed by atoms with Crippen LogP contribution in [0.1, 0.15) is 200 Å². The van der Waals surface area contributed by atoms with Gasteiger partial charge in [0.15, 0.2) is 0 Å². The highest BCUT2D eigenvalue weighted by molar-refractivity contribution is 6.24. The van der Waals surface area contributed by atoms with Crippen LogP contribution in [-0.4, -0.2) is 0 Å². The molecule has 670 valence electrons. The highest BCUT2D eigenvalue weighted by Crippen LogP contribution is 2.51. The van der Waals surface area contributed by atoms with E-state index >= 15 is 0 Å². The lowest BCUT2D eigenvalue weighted by Gasteiger charge is -2.30. The molecule has 21 rings (SSSR count). The first-order chi connectivity index (χ1) is 66.6. The van der Waals surface area contributed by atoms with Gasteiger partial charge in [-0.2, -0.15) is 0 Å². The zero-order chi connectivity index (χ0) is 91.3. The lowest BCUT2D eigenvalue weighted by atomic mass is 9.84. The minimum absolute atomic E-state index is 0.469. The van der Waals surface area contributed by atoms with Crippen LogP contribution in [0.2, 0.25) is 0 Å². The Bertz CT molecular complexity index is 6730. The van der Waals surface area contributed by atoms with Gasteiger partial charge in [-0.3, -0.25) is 0 Å². The highest BCUT2D eigenvalue weighted by atomic mass is 15.2. The minimum atomic E-state index is 0.469. The van der Waals surface area contributed by atoms with E-state index in [1.54, 1.807) is 0 Å². The Labute approximate surface area is 801 Å². The molecule has 0 heterocycles. The van der Waals surface area contributed by atoms with E-state index in [0.717, 1.165) is 58.3 Å². The lowest BCUT2D eigenvalue weighted by Crippen LogP contribution is -2.12. The number of rotatable bonds is 29. The molecule has 0 spiro atoms. The SMILES string of the molecule is CC(C)c1ccc(N(c2ccc(C3CCCCC3)cc2)c2cc3c4ccccc4c(N(c4ccc(C(C)C)cc4)c4ccc(C5CCCCC5)cc4)cc3c3ccccc23)cc1.CCCCCCCCc1ccc(N(c2ccccc2)c2ccc(-c3ccc(N(c4ccc(-c5ccc(N(c6ccccc6)c6ccccc6)cc5)cc4)c4cccc(-c5ccc6c(c5)CC6)c4)cc3)cc2)cc1. The summed E-state index contributed by atoms with van der Waals surface area (Å²) < 4.78 is 0. The van der Waals surface area contributed by atoms with Crippen LogP contribution in [0.15, 0.2) is 413 Å². The van der Waals surface area contributed by atoms with E-state index in [4.69, 9.17) is 0 Å². The normalized spacial score (nSPS) is 13.3. The molecule has 3 aliphatic carbocycles. The summed E-state index contributed by atoms with van der Waals surface area (Å²) in [5, 5.41) is 7.55. The van der Waals surface area contributed by atoms with E-state index in [-0.39, 0.29) is 0 Å². The Morgan fingerprint density at radius 2 is 0.526 bits per heavy atom. The standard InChI is InChI=1S/C70H63N3.C60H62N2/c1-2-3-4-5-6-10-18-53-27-41-65(42-28-53)72(64-24-15-9-16-25-64)67-45-35-55(36-46-67)57-39-49-69(50-40-57)73(70-26-17-19-59(52-70)61-32-30-58-29-31-60(58)51-61)68-47-37-56(38-48-68)54-33-43-66(44-34-54)71(62-20-11-7-12-21-62)63-22-13-8-14-23-63;1-41(2)43-23-31-49(32-24-43)61(51-35-27-47(28-36-51)45-15-7-5-8-16-45)59-39-57-54-20-12-14-22-56(54)60(40-58(57)53-19-11-13-21-55(53)59)62(50-33-25-44(26-34-50)42(3)4)52-37-29-48(30-38-52)46-17-9-6-10-18-46/h7-9,11-17,19-28,30,32-52H,2-6,10,18,29,31H2,1H3;11-14,19-42,45-46H,5-10,15-18H2,1-4H3. The Morgan fingerprint density at radius 3 is 0.896 bits per heavy atom. The van der Waals surface area contributed by atoms with Crippen molar-refractivity contribution in [1.29, 1.82) is 0 Å². The number of anilines is 15. The molecule has 3 aliphatic rings. The molecule has 0 atom stereocenters. The number of fused-ring (bicyclic) bond motifs is 6. The molecule has 0 N–H and O–H groups in total. The second-order valence-corrected chi connectivity index (χ2v) is 38.4. The molecule has 0 aromatic heterocycles. The van der Waals surface area contributed by atoms with Crippen LogP contribution in [0.25, 0.3) is 65.7 Å². The summed E-state index contributed by atoms with van der Waals surface area (Å²) in [6, 6.07) is 154.